The van der Waals surface area contributed by atoms with Crippen LogP contribution in [0.3, 0.4) is 0 Å². The Morgan fingerprint density at radius 2 is 1.53 bits per heavy atom. The van der Waals surface area contributed by atoms with Crippen molar-refractivity contribution < 1.29 is 14.4 Å². The Labute approximate surface area is 216 Å². The normalized spacial score (nSPS) is 10.7. The van der Waals surface area contributed by atoms with Gasteiger partial charge in [0, 0.05) is 20.0 Å². The number of anilines is 2. The molecule has 172 valence electrons. The van der Waals surface area contributed by atoms with Crippen molar-refractivity contribution in [3.8, 4) is 0 Å². The zero-order valence-corrected chi connectivity index (χ0v) is 21.6. The number of halogens is 3. The number of hydrogen-bond acceptors (Lipinski definition) is 3. The molecule has 3 aromatic carbocycles. The van der Waals surface area contributed by atoms with Crippen molar-refractivity contribution in [2.75, 3.05) is 16.1 Å². The summed E-state index contributed by atoms with van der Waals surface area (Å²) in [5, 5.41) is 6.38. The number of fused-ring (bicyclic) bond motifs is 1. The van der Waals surface area contributed by atoms with Crippen molar-refractivity contribution >= 4 is 83.5 Å². The number of aromatic nitrogens is 1. The number of nitrogens with zero attached hydrogens (tertiary/aromatic N) is 1. The fourth-order valence-electron chi connectivity index (χ4n) is 3.32. The van der Waals surface area contributed by atoms with Crippen molar-refractivity contribution in [3.05, 3.63) is 92.0 Å². The molecule has 34 heavy (non-hydrogen) atoms. The van der Waals surface area contributed by atoms with Crippen molar-refractivity contribution in [3.63, 3.8) is 0 Å². The fraction of sp³-hybridized carbons (Fsp3) is 0.0417. The van der Waals surface area contributed by atoms with Crippen molar-refractivity contribution in [1.82, 2.24) is 4.68 Å². The van der Waals surface area contributed by atoms with Crippen LogP contribution in [-0.4, -0.2) is 22.4 Å². The Morgan fingerprint density at radius 3 is 2.26 bits per heavy atom. The molecule has 0 bridgehead atoms. The lowest BCUT2D eigenvalue weighted by molar-refractivity contribution is -0.133. The average molecular weight is 605 g/mol. The van der Waals surface area contributed by atoms with E-state index in [9.17, 15) is 14.4 Å². The lowest BCUT2D eigenvalue weighted by atomic mass is 10.2. The summed E-state index contributed by atoms with van der Waals surface area (Å²) in [5.41, 5.74) is 4.89. The van der Waals surface area contributed by atoms with Crippen LogP contribution in [-0.2, 0) is 9.59 Å². The van der Waals surface area contributed by atoms with Crippen molar-refractivity contribution in [1.29, 1.82) is 0 Å². The first-order valence-electron chi connectivity index (χ1n) is 9.98. The van der Waals surface area contributed by atoms with Gasteiger partial charge in [0.2, 0.25) is 0 Å². The summed E-state index contributed by atoms with van der Waals surface area (Å²) in [7, 11) is 0. The van der Waals surface area contributed by atoms with Crippen molar-refractivity contribution in [2.45, 2.75) is 6.92 Å². The highest BCUT2D eigenvalue weighted by molar-refractivity contribution is 9.10. The molecule has 4 aromatic rings. The quantitative estimate of drug-likeness (QED) is 0.246. The predicted molar refractivity (Wildman–Crippen MR) is 141 cm³/mol. The Morgan fingerprint density at radius 1 is 0.824 bits per heavy atom. The summed E-state index contributed by atoms with van der Waals surface area (Å²) < 4.78 is 2.93. The standard InChI is InChI=1S/C24H17Br2ClN4O3/c1-13-10-15(25)6-8-18(13)28-23(33)24(34)30-31-20-9-7-16(26)11-14(20)12-21(31)22(32)29-19-5-3-2-4-17(19)27/h2-12H,1H3,(H,28,33)(H,29,32)(H,30,34). The second kappa shape index (κ2) is 10.0. The Kier molecular flexibility index (Phi) is 7.06. The molecule has 0 saturated heterocycles. The summed E-state index contributed by atoms with van der Waals surface area (Å²) in [6, 6.07) is 19.0. The number of carbonyl (C=O) groups is 3. The van der Waals surface area contributed by atoms with Crippen LogP contribution in [0.25, 0.3) is 10.9 Å². The summed E-state index contributed by atoms with van der Waals surface area (Å²) in [6.45, 7) is 1.81. The minimum Gasteiger partial charge on any atom is -0.319 e. The molecule has 0 saturated carbocycles. The van der Waals surface area contributed by atoms with Crippen LogP contribution >= 0.6 is 43.5 Å². The number of nitrogens with one attached hydrogen (secondary N) is 3. The number of aryl methyl sites for hydroxylation is 1. The second-order valence-corrected chi connectivity index (χ2v) is 9.59. The van der Waals surface area contributed by atoms with Crippen LogP contribution in [0.4, 0.5) is 11.4 Å². The topological polar surface area (TPSA) is 92.2 Å². The Balaban J connectivity index is 1.64. The van der Waals surface area contributed by atoms with Gasteiger partial charge in [-0.1, -0.05) is 55.6 Å². The maximum Gasteiger partial charge on any atom is 0.328 e. The smallest absolute Gasteiger partial charge is 0.319 e. The summed E-state index contributed by atoms with van der Waals surface area (Å²) >= 11 is 12.9. The minimum atomic E-state index is -0.936. The van der Waals surface area contributed by atoms with Crippen LogP contribution in [0, 0.1) is 6.92 Å². The van der Waals surface area contributed by atoms with Gasteiger partial charge in [-0.2, -0.15) is 0 Å². The Bertz CT molecular complexity index is 1450. The first-order valence-corrected chi connectivity index (χ1v) is 11.9. The Hall–Kier alpha value is -3.14. The SMILES string of the molecule is Cc1cc(Br)ccc1NC(=O)C(=O)Nn1c(C(=O)Nc2ccccc2Cl)cc2cc(Br)ccc21. The molecule has 0 aliphatic carbocycles. The van der Waals surface area contributed by atoms with E-state index in [4.69, 9.17) is 11.6 Å². The number of rotatable bonds is 4. The van der Waals surface area contributed by atoms with E-state index in [1.54, 1.807) is 60.7 Å². The first-order chi connectivity index (χ1) is 16.2. The van der Waals surface area contributed by atoms with Crippen LogP contribution in [0.5, 0.6) is 0 Å². The van der Waals surface area contributed by atoms with Gasteiger partial charge in [0.1, 0.15) is 5.69 Å². The molecule has 0 spiro atoms. The molecule has 0 unspecified atom stereocenters. The van der Waals surface area contributed by atoms with Crippen LogP contribution < -0.4 is 16.1 Å². The van der Waals surface area contributed by atoms with Crippen LogP contribution in [0.2, 0.25) is 5.02 Å². The molecule has 10 heteroatoms. The highest BCUT2D eigenvalue weighted by atomic mass is 79.9. The van der Waals surface area contributed by atoms with E-state index in [1.165, 1.54) is 4.68 Å². The van der Waals surface area contributed by atoms with E-state index in [0.717, 1.165) is 14.5 Å². The molecule has 3 amide bonds. The maximum atomic E-state index is 13.1. The third-order valence-corrected chi connectivity index (χ3v) is 6.29. The highest BCUT2D eigenvalue weighted by Crippen LogP contribution is 2.26. The summed E-state index contributed by atoms with van der Waals surface area (Å²) in [5.74, 6) is -2.32. The minimum absolute atomic E-state index is 0.119. The lowest BCUT2D eigenvalue weighted by Crippen LogP contribution is -2.36. The monoisotopic (exact) mass is 602 g/mol. The zero-order valence-electron chi connectivity index (χ0n) is 17.7. The van der Waals surface area contributed by atoms with Gasteiger partial charge in [0.25, 0.3) is 5.91 Å². The number of amides is 3. The number of hydrogen-bond donors (Lipinski definition) is 3. The number of para-hydroxylation sites is 1. The zero-order chi connectivity index (χ0) is 24.4. The van der Waals surface area contributed by atoms with Crippen LogP contribution in [0.15, 0.2) is 75.7 Å². The third kappa shape index (κ3) is 5.16. The molecule has 0 radical (unpaired) electrons. The van der Waals surface area contributed by atoms with Gasteiger partial charge in [-0.25, -0.2) is 4.68 Å². The van der Waals surface area contributed by atoms with Gasteiger partial charge in [0.05, 0.1) is 16.2 Å². The van der Waals surface area contributed by atoms with Gasteiger partial charge in [0.15, 0.2) is 0 Å². The average Bonchev–Trinajstić information content (AvgIpc) is 3.14. The van der Waals surface area contributed by atoms with Gasteiger partial charge in [-0.05, 0) is 67.1 Å². The molecule has 0 atom stereocenters. The first kappa shape index (κ1) is 24.0. The van der Waals surface area contributed by atoms with Gasteiger partial charge >= 0.3 is 11.8 Å². The predicted octanol–water partition coefficient (Wildman–Crippen LogP) is 6.09. The van der Waals surface area contributed by atoms with Gasteiger partial charge in [-0.3, -0.25) is 19.8 Å². The molecule has 3 N–H and O–H groups in total. The molecule has 1 aromatic heterocycles. The van der Waals surface area contributed by atoms with Gasteiger partial charge in [-0.15, -0.1) is 0 Å². The van der Waals surface area contributed by atoms with E-state index in [0.29, 0.717) is 27.3 Å². The van der Waals surface area contributed by atoms with E-state index in [1.807, 2.05) is 13.0 Å². The largest absolute Gasteiger partial charge is 0.328 e. The van der Waals surface area contributed by atoms with Gasteiger partial charge < -0.3 is 10.6 Å². The summed E-state index contributed by atoms with van der Waals surface area (Å²) in [4.78, 5) is 38.5. The molecule has 4 rings (SSSR count). The third-order valence-electron chi connectivity index (χ3n) is 4.97. The molecular weight excluding hydrogens is 588 g/mol. The summed E-state index contributed by atoms with van der Waals surface area (Å²) in [6.07, 6.45) is 0. The van der Waals surface area contributed by atoms with Crippen LogP contribution in [0.1, 0.15) is 16.1 Å². The second-order valence-electron chi connectivity index (χ2n) is 7.36. The van der Waals surface area contributed by atoms with Crippen molar-refractivity contribution in [2.24, 2.45) is 0 Å². The maximum absolute atomic E-state index is 13.1. The molecule has 0 aliphatic heterocycles. The number of carbonyl (C=O) groups excluding carboxylic acids is 3. The fourth-order valence-corrected chi connectivity index (χ4v) is 4.36. The highest BCUT2D eigenvalue weighted by Gasteiger charge is 2.22. The molecule has 7 nitrogen and oxygen atoms in total. The van der Waals surface area contributed by atoms with E-state index in [2.05, 4.69) is 47.9 Å². The van der Waals surface area contributed by atoms with E-state index >= 15 is 0 Å². The molecule has 0 aliphatic rings. The lowest BCUT2D eigenvalue weighted by Gasteiger charge is -2.14. The molecular formula is C24H17Br2ClN4O3. The number of benzene rings is 3. The van der Waals surface area contributed by atoms with E-state index in [-0.39, 0.29) is 5.69 Å². The van der Waals surface area contributed by atoms with E-state index < -0.39 is 17.7 Å². The molecule has 0 fully saturated rings. The molecule has 1 heterocycles.